The molecule has 1 heterocycles. The third kappa shape index (κ3) is 4.14. The van der Waals surface area contributed by atoms with Crippen molar-refractivity contribution in [3.63, 3.8) is 0 Å². The summed E-state index contributed by atoms with van der Waals surface area (Å²) in [7, 11) is -3.96. The molecule has 0 spiro atoms. The van der Waals surface area contributed by atoms with Crippen molar-refractivity contribution in [1.82, 2.24) is 4.90 Å². The number of hydrogen-bond acceptors (Lipinski definition) is 6. The molecule has 82 valence electrons. The first-order chi connectivity index (χ1) is 6.64. The number of nitrogens with zero attached hydrogens (tertiary/aromatic N) is 1. The second-order valence-electron chi connectivity index (χ2n) is 2.87. The molecule has 1 aliphatic heterocycles. The van der Waals surface area contributed by atoms with Gasteiger partial charge in [0.1, 0.15) is 0 Å². The van der Waals surface area contributed by atoms with Crippen molar-refractivity contribution in [2.75, 3.05) is 39.5 Å². The Morgan fingerprint density at radius 3 is 2.57 bits per heavy atom. The maximum Gasteiger partial charge on any atom is 0.328 e. The minimum absolute atomic E-state index is 0.0150. The van der Waals surface area contributed by atoms with Crippen molar-refractivity contribution in [1.29, 1.82) is 0 Å². The van der Waals surface area contributed by atoms with Crippen LogP contribution in [0.2, 0.25) is 0 Å². The topological polar surface area (TPSA) is 72.9 Å². The summed E-state index contributed by atoms with van der Waals surface area (Å²) < 4.78 is 30.7. The summed E-state index contributed by atoms with van der Waals surface area (Å²) in [5.74, 6) is 0. The molecule has 0 unspecified atom stereocenters. The number of rotatable bonds is 5. The number of ether oxygens (including phenoxy) is 1. The molecule has 0 saturated carbocycles. The van der Waals surface area contributed by atoms with Crippen LogP contribution >= 0.6 is 0 Å². The molecule has 0 radical (unpaired) electrons. The van der Waals surface area contributed by atoms with Gasteiger partial charge in [0.15, 0.2) is 0 Å². The molecule has 0 N–H and O–H groups in total. The van der Waals surface area contributed by atoms with Crippen LogP contribution < -0.4 is 0 Å². The standard InChI is InChI=1S/C7H13NO5S/c9-7-14(10,11)13-6-3-8-1-4-12-5-2-8/h7H,1-6H2. The van der Waals surface area contributed by atoms with Crippen molar-refractivity contribution in [2.45, 2.75) is 0 Å². The van der Waals surface area contributed by atoms with Gasteiger partial charge in [0, 0.05) is 19.6 Å². The molecular formula is C7H13NO5S. The minimum atomic E-state index is -3.96. The summed E-state index contributed by atoms with van der Waals surface area (Å²) in [6.07, 6.45) is 0. The van der Waals surface area contributed by atoms with Crippen LogP contribution in [-0.2, 0) is 23.8 Å². The minimum Gasteiger partial charge on any atom is -0.379 e. The molecule has 1 aliphatic rings. The number of hydrogen-bond donors (Lipinski definition) is 0. The number of carbonyl (C=O) groups excluding carboxylic acids is 1. The van der Waals surface area contributed by atoms with E-state index in [4.69, 9.17) is 4.74 Å². The monoisotopic (exact) mass is 223 g/mol. The Balaban J connectivity index is 2.17. The van der Waals surface area contributed by atoms with Crippen LogP contribution in [-0.4, -0.2) is 58.4 Å². The van der Waals surface area contributed by atoms with Gasteiger partial charge in [-0.2, -0.15) is 8.42 Å². The van der Waals surface area contributed by atoms with E-state index >= 15 is 0 Å². The average Bonchev–Trinajstić information content (AvgIpc) is 2.19. The second kappa shape index (κ2) is 5.40. The molecular weight excluding hydrogens is 210 g/mol. The van der Waals surface area contributed by atoms with Gasteiger partial charge in [-0.3, -0.25) is 13.9 Å². The van der Waals surface area contributed by atoms with Crippen molar-refractivity contribution in [2.24, 2.45) is 0 Å². The highest BCUT2D eigenvalue weighted by molar-refractivity contribution is 8.00. The van der Waals surface area contributed by atoms with E-state index in [1.54, 1.807) is 0 Å². The van der Waals surface area contributed by atoms with Gasteiger partial charge in [0.25, 0.3) is 5.62 Å². The zero-order valence-corrected chi connectivity index (χ0v) is 8.53. The largest absolute Gasteiger partial charge is 0.379 e. The number of carbonyl (C=O) groups is 1. The van der Waals surface area contributed by atoms with Crippen molar-refractivity contribution in [3.05, 3.63) is 0 Å². The van der Waals surface area contributed by atoms with Crippen molar-refractivity contribution < 1.29 is 22.1 Å². The maximum atomic E-state index is 10.6. The van der Waals surface area contributed by atoms with E-state index in [1.807, 2.05) is 4.90 Å². The Labute approximate surface area is 82.9 Å². The normalized spacial score (nSPS) is 19.4. The predicted molar refractivity (Wildman–Crippen MR) is 48.9 cm³/mol. The lowest BCUT2D eigenvalue weighted by atomic mass is 10.4. The summed E-state index contributed by atoms with van der Waals surface area (Å²) in [4.78, 5) is 12.0. The first-order valence-electron chi connectivity index (χ1n) is 4.29. The van der Waals surface area contributed by atoms with E-state index < -0.39 is 10.1 Å². The molecule has 14 heavy (non-hydrogen) atoms. The molecule has 7 heteroatoms. The first-order valence-corrected chi connectivity index (χ1v) is 5.76. The lowest BCUT2D eigenvalue weighted by molar-refractivity contribution is 0.0328. The second-order valence-corrected chi connectivity index (χ2v) is 4.28. The molecule has 1 rings (SSSR count). The van der Waals surface area contributed by atoms with E-state index in [0.29, 0.717) is 19.8 Å². The van der Waals surface area contributed by atoms with E-state index in [-0.39, 0.29) is 12.2 Å². The SMILES string of the molecule is O=CS(=O)(=O)OCCN1CCOCC1. The highest BCUT2D eigenvalue weighted by Crippen LogP contribution is 1.97. The van der Waals surface area contributed by atoms with Gasteiger partial charge < -0.3 is 4.74 Å². The molecule has 0 aliphatic carbocycles. The van der Waals surface area contributed by atoms with Gasteiger partial charge in [-0.15, -0.1) is 0 Å². The number of morpholine rings is 1. The summed E-state index contributed by atoms with van der Waals surface area (Å²) in [5.41, 5.74) is -0.188. The maximum absolute atomic E-state index is 10.6. The molecule has 0 aromatic carbocycles. The smallest absolute Gasteiger partial charge is 0.328 e. The zero-order valence-electron chi connectivity index (χ0n) is 7.72. The van der Waals surface area contributed by atoms with Gasteiger partial charge in [0.05, 0.1) is 19.8 Å². The highest BCUT2D eigenvalue weighted by atomic mass is 32.2. The zero-order chi connectivity index (χ0) is 10.4. The van der Waals surface area contributed by atoms with Crippen LogP contribution in [0.3, 0.4) is 0 Å². The van der Waals surface area contributed by atoms with Crippen LogP contribution in [0.5, 0.6) is 0 Å². The average molecular weight is 223 g/mol. The fraction of sp³-hybridized carbons (Fsp3) is 0.857. The Morgan fingerprint density at radius 1 is 1.36 bits per heavy atom. The third-order valence-corrected chi connectivity index (χ3v) is 2.61. The molecule has 6 nitrogen and oxygen atoms in total. The van der Waals surface area contributed by atoms with Crippen LogP contribution in [0.15, 0.2) is 0 Å². The molecule has 0 amide bonds. The fourth-order valence-corrected chi connectivity index (χ4v) is 1.50. The van der Waals surface area contributed by atoms with Crippen LogP contribution in [0, 0.1) is 0 Å². The predicted octanol–water partition coefficient (Wildman–Crippen LogP) is -1.14. The highest BCUT2D eigenvalue weighted by Gasteiger charge is 2.12. The van der Waals surface area contributed by atoms with E-state index in [0.717, 1.165) is 13.1 Å². The van der Waals surface area contributed by atoms with Crippen LogP contribution in [0.1, 0.15) is 0 Å². The lowest BCUT2D eigenvalue weighted by Crippen LogP contribution is -2.38. The van der Waals surface area contributed by atoms with Crippen molar-refractivity contribution >= 4 is 15.7 Å². The van der Waals surface area contributed by atoms with Crippen molar-refractivity contribution in [3.8, 4) is 0 Å². The quantitative estimate of drug-likeness (QED) is 0.433. The van der Waals surface area contributed by atoms with Gasteiger partial charge >= 0.3 is 10.1 Å². The molecule has 0 aromatic heterocycles. The lowest BCUT2D eigenvalue weighted by Gasteiger charge is -2.25. The Bertz CT molecular complexity index is 270. The molecule has 0 atom stereocenters. The third-order valence-electron chi connectivity index (χ3n) is 1.88. The summed E-state index contributed by atoms with van der Waals surface area (Å²) in [5, 5.41) is 0. The van der Waals surface area contributed by atoms with Crippen LogP contribution in [0.4, 0.5) is 0 Å². The summed E-state index contributed by atoms with van der Waals surface area (Å²) in [6.45, 7) is 3.35. The van der Waals surface area contributed by atoms with Gasteiger partial charge in [-0.1, -0.05) is 0 Å². The Morgan fingerprint density at radius 2 is 2.00 bits per heavy atom. The Hall–Kier alpha value is -0.500. The first kappa shape index (κ1) is 11.6. The van der Waals surface area contributed by atoms with Gasteiger partial charge in [-0.05, 0) is 0 Å². The van der Waals surface area contributed by atoms with Gasteiger partial charge in [-0.25, -0.2) is 0 Å². The molecule has 1 saturated heterocycles. The summed E-state index contributed by atoms with van der Waals surface area (Å²) >= 11 is 0. The van der Waals surface area contributed by atoms with Gasteiger partial charge in [0.2, 0.25) is 0 Å². The Kier molecular flexibility index (Phi) is 4.46. The summed E-state index contributed by atoms with van der Waals surface area (Å²) in [6, 6.07) is 0. The molecule has 1 fully saturated rings. The molecule has 0 aromatic rings. The molecule has 0 bridgehead atoms. The van der Waals surface area contributed by atoms with Crippen LogP contribution in [0.25, 0.3) is 0 Å². The van der Waals surface area contributed by atoms with E-state index in [2.05, 4.69) is 4.18 Å². The van der Waals surface area contributed by atoms with E-state index in [9.17, 15) is 13.2 Å². The fourth-order valence-electron chi connectivity index (χ4n) is 1.14. The van der Waals surface area contributed by atoms with E-state index in [1.165, 1.54) is 0 Å².